The van der Waals surface area contributed by atoms with Gasteiger partial charge in [0, 0.05) is 35.0 Å². The summed E-state index contributed by atoms with van der Waals surface area (Å²) >= 11 is 0. The molecule has 9 nitrogen and oxygen atoms in total. The molecule has 1 aromatic heterocycles. The monoisotopic (exact) mass is 452 g/mol. The van der Waals surface area contributed by atoms with Crippen molar-refractivity contribution < 1.29 is 29.6 Å². The van der Waals surface area contributed by atoms with Crippen molar-refractivity contribution in [3.8, 4) is 22.8 Å². The van der Waals surface area contributed by atoms with E-state index in [0.717, 1.165) is 0 Å². The number of hydrogen-bond acceptors (Lipinski definition) is 8. The van der Waals surface area contributed by atoms with E-state index >= 15 is 0 Å². The minimum Gasteiger partial charge on any atom is -0.454 e. The molecule has 0 fully saturated rings. The molecular weight excluding hydrogens is 428 g/mol. The molecule has 1 aliphatic carbocycles. The predicted molar refractivity (Wildman–Crippen MR) is 120 cm³/mol. The van der Waals surface area contributed by atoms with E-state index in [2.05, 4.69) is 5.32 Å². The second kappa shape index (κ2) is 8.60. The summed E-state index contributed by atoms with van der Waals surface area (Å²) in [4.78, 5) is 27.2. The van der Waals surface area contributed by atoms with E-state index in [0.29, 0.717) is 81.8 Å². The SMILES string of the molecule is O=C1c2cc3c(cc2-c2c1c1cc(CO)c(CO)cc1c(=O)n2CCCNCCO)OCO3. The van der Waals surface area contributed by atoms with Gasteiger partial charge in [0.15, 0.2) is 17.3 Å². The molecular formula is C24H24N2O7. The fourth-order valence-corrected chi connectivity index (χ4v) is 4.63. The van der Waals surface area contributed by atoms with Crippen molar-refractivity contribution in [3.63, 3.8) is 0 Å². The maximum Gasteiger partial charge on any atom is 0.258 e. The molecule has 0 atom stereocenters. The Morgan fingerprint density at radius 1 is 0.879 bits per heavy atom. The van der Waals surface area contributed by atoms with Crippen molar-refractivity contribution in [2.45, 2.75) is 26.2 Å². The molecule has 172 valence electrons. The Hall–Kier alpha value is -3.24. The van der Waals surface area contributed by atoms with Crippen LogP contribution in [-0.4, -0.2) is 52.2 Å². The summed E-state index contributed by atoms with van der Waals surface area (Å²) in [5.41, 5.74) is 2.60. The van der Waals surface area contributed by atoms with Crippen LogP contribution in [0.1, 0.15) is 33.5 Å². The number of pyridine rings is 1. The summed E-state index contributed by atoms with van der Waals surface area (Å²) < 4.78 is 12.6. The third kappa shape index (κ3) is 3.41. The lowest BCUT2D eigenvalue weighted by Crippen LogP contribution is -2.26. The molecule has 0 bridgehead atoms. The first-order valence-corrected chi connectivity index (χ1v) is 10.8. The van der Waals surface area contributed by atoms with Gasteiger partial charge in [-0.15, -0.1) is 0 Å². The molecule has 4 N–H and O–H groups in total. The molecule has 0 unspecified atom stereocenters. The van der Waals surface area contributed by atoms with E-state index in [1.165, 1.54) is 0 Å². The standard InChI is InChI=1S/C24H24N2O7/c27-5-3-25-2-1-4-26-22-16-8-19-20(33-12-32-19)9-17(16)23(30)21(22)15-6-13(10-28)14(11-29)7-18(15)24(26)31/h6-9,25,27-29H,1-5,10-12H2. The summed E-state index contributed by atoms with van der Waals surface area (Å²) in [5, 5.41) is 32.3. The predicted octanol–water partition coefficient (Wildman–Crippen LogP) is 0.898. The van der Waals surface area contributed by atoms with Gasteiger partial charge >= 0.3 is 0 Å². The Labute approximate surface area is 188 Å². The molecule has 0 spiro atoms. The number of benzene rings is 2. The lowest BCUT2D eigenvalue weighted by atomic mass is 9.97. The van der Waals surface area contributed by atoms with Gasteiger partial charge in [0.1, 0.15) is 0 Å². The van der Waals surface area contributed by atoms with Crippen molar-refractivity contribution in [2.24, 2.45) is 0 Å². The van der Waals surface area contributed by atoms with Crippen LogP contribution in [-0.2, 0) is 19.8 Å². The van der Waals surface area contributed by atoms with Gasteiger partial charge < -0.3 is 34.7 Å². The number of carbonyl (C=O) groups excluding carboxylic acids is 1. The number of carbonyl (C=O) groups is 1. The molecule has 2 aliphatic rings. The van der Waals surface area contributed by atoms with Crippen molar-refractivity contribution in [3.05, 3.63) is 56.9 Å². The molecule has 5 rings (SSSR count). The second-order valence-corrected chi connectivity index (χ2v) is 8.07. The third-order valence-corrected chi connectivity index (χ3v) is 6.20. The van der Waals surface area contributed by atoms with E-state index in [-0.39, 0.29) is 38.0 Å². The molecule has 9 heteroatoms. The average Bonchev–Trinajstić information content (AvgIpc) is 3.40. The smallest absolute Gasteiger partial charge is 0.258 e. The minimum absolute atomic E-state index is 0.0253. The number of rotatable bonds is 8. The maximum atomic E-state index is 13.6. The number of ether oxygens (including phenoxy) is 2. The Kier molecular flexibility index (Phi) is 5.63. The van der Waals surface area contributed by atoms with Crippen LogP contribution in [0.2, 0.25) is 0 Å². The van der Waals surface area contributed by atoms with Gasteiger partial charge in [-0.2, -0.15) is 0 Å². The number of ketones is 1. The maximum absolute atomic E-state index is 13.6. The lowest BCUT2D eigenvalue weighted by Gasteiger charge is -2.17. The van der Waals surface area contributed by atoms with Crippen LogP contribution in [0.15, 0.2) is 29.1 Å². The van der Waals surface area contributed by atoms with Crippen LogP contribution >= 0.6 is 0 Å². The largest absolute Gasteiger partial charge is 0.454 e. The normalized spacial score (nSPS) is 13.6. The summed E-state index contributed by atoms with van der Waals surface area (Å²) in [6.07, 6.45) is 0.605. The molecule has 0 saturated carbocycles. The van der Waals surface area contributed by atoms with Crippen molar-refractivity contribution in [1.82, 2.24) is 9.88 Å². The van der Waals surface area contributed by atoms with Gasteiger partial charge in [0.2, 0.25) is 6.79 Å². The first-order chi connectivity index (χ1) is 16.1. The number of aliphatic hydroxyl groups is 3. The summed E-state index contributed by atoms with van der Waals surface area (Å²) in [7, 11) is 0. The topological polar surface area (TPSA) is 130 Å². The van der Waals surface area contributed by atoms with Crippen molar-refractivity contribution in [2.75, 3.05) is 26.5 Å². The second-order valence-electron chi connectivity index (χ2n) is 8.07. The lowest BCUT2D eigenvalue weighted by molar-refractivity contribution is 0.104. The summed E-state index contributed by atoms with van der Waals surface area (Å²) in [6, 6.07) is 6.58. The molecule has 2 aromatic carbocycles. The number of nitrogens with zero attached hydrogens (tertiary/aromatic N) is 1. The van der Waals surface area contributed by atoms with Gasteiger partial charge in [-0.05, 0) is 48.4 Å². The highest BCUT2D eigenvalue weighted by Gasteiger charge is 2.35. The van der Waals surface area contributed by atoms with Crippen LogP contribution in [0.25, 0.3) is 22.0 Å². The molecule has 33 heavy (non-hydrogen) atoms. The van der Waals surface area contributed by atoms with E-state index in [4.69, 9.17) is 14.6 Å². The van der Waals surface area contributed by atoms with Crippen molar-refractivity contribution in [1.29, 1.82) is 0 Å². The van der Waals surface area contributed by atoms with Crippen LogP contribution in [0, 0.1) is 0 Å². The highest BCUT2D eigenvalue weighted by molar-refractivity contribution is 6.27. The summed E-state index contributed by atoms with van der Waals surface area (Å²) in [6.45, 7) is 0.849. The van der Waals surface area contributed by atoms with Crippen LogP contribution in [0.3, 0.4) is 0 Å². The molecule has 3 aromatic rings. The van der Waals surface area contributed by atoms with Crippen LogP contribution in [0.4, 0.5) is 0 Å². The zero-order valence-electron chi connectivity index (χ0n) is 17.9. The van der Waals surface area contributed by atoms with E-state index in [1.54, 1.807) is 28.8 Å². The van der Waals surface area contributed by atoms with Gasteiger partial charge in [-0.25, -0.2) is 0 Å². The average molecular weight is 452 g/mol. The molecule has 0 amide bonds. The van der Waals surface area contributed by atoms with Gasteiger partial charge in [0.25, 0.3) is 5.56 Å². The highest BCUT2D eigenvalue weighted by Crippen LogP contribution is 2.46. The summed E-state index contributed by atoms with van der Waals surface area (Å²) in [5.74, 6) is 0.779. The van der Waals surface area contributed by atoms with Gasteiger partial charge in [-0.3, -0.25) is 9.59 Å². The molecule has 1 aliphatic heterocycles. The number of nitrogens with one attached hydrogen (secondary N) is 1. The quantitative estimate of drug-likeness (QED) is 0.290. The van der Waals surface area contributed by atoms with Crippen LogP contribution < -0.4 is 20.3 Å². The molecule has 0 saturated heterocycles. The van der Waals surface area contributed by atoms with Crippen molar-refractivity contribution >= 4 is 16.6 Å². The molecule has 0 radical (unpaired) electrons. The Balaban J connectivity index is 1.75. The Bertz CT molecular complexity index is 1330. The number of hydrogen-bond donors (Lipinski definition) is 4. The zero-order valence-corrected chi connectivity index (χ0v) is 17.9. The minimum atomic E-state index is -0.330. The number of fused-ring (bicyclic) bond motifs is 6. The fraction of sp³-hybridized carbons (Fsp3) is 0.333. The first-order valence-electron chi connectivity index (χ1n) is 10.8. The fourth-order valence-electron chi connectivity index (χ4n) is 4.63. The highest BCUT2D eigenvalue weighted by atomic mass is 16.7. The third-order valence-electron chi connectivity index (χ3n) is 6.20. The zero-order chi connectivity index (χ0) is 23.1. The first kappa shape index (κ1) is 21.6. The van der Waals surface area contributed by atoms with E-state index in [1.807, 2.05) is 0 Å². The number of aliphatic hydroxyl groups excluding tert-OH is 3. The Morgan fingerprint density at radius 3 is 2.21 bits per heavy atom. The Morgan fingerprint density at radius 2 is 1.55 bits per heavy atom. The molecule has 2 heterocycles. The van der Waals surface area contributed by atoms with Gasteiger partial charge in [0.05, 0.1) is 31.1 Å². The van der Waals surface area contributed by atoms with E-state index < -0.39 is 0 Å². The number of aromatic nitrogens is 1. The van der Waals surface area contributed by atoms with Crippen LogP contribution in [0.5, 0.6) is 11.5 Å². The van der Waals surface area contributed by atoms with E-state index in [9.17, 15) is 19.8 Å². The van der Waals surface area contributed by atoms with Gasteiger partial charge in [-0.1, -0.05) is 0 Å².